The number of rotatable bonds is 6. The second-order valence-electron chi connectivity index (χ2n) is 8.56. The molecular weight excluding hydrogens is 402 g/mol. The van der Waals surface area contributed by atoms with Gasteiger partial charge in [-0.3, -0.25) is 14.7 Å². The highest BCUT2D eigenvalue weighted by Crippen LogP contribution is 2.34. The number of aromatic nitrogens is 2. The monoisotopic (exact) mass is 429 g/mol. The van der Waals surface area contributed by atoms with Crippen LogP contribution in [-0.2, 0) is 27.4 Å². The highest BCUT2D eigenvalue weighted by Gasteiger charge is 2.50. The van der Waals surface area contributed by atoms with Gasteiger partial charge >= 0.3 is 17.8 Å². The minimum absolute atomic E-state index is 0.0840. The van der Waals surface area contributed by atoms with E-state index in [0.717, 1.165) is 5.56 Å². The molecule has 0 spiro atoms. The summed E-state index contributed by atoms with van der Waals surface area (Å²) >= 11 is 0. The standard InChI is InChI=1S/C22H27N3O6/c1-22(2,3)19-25(21(29)30-14-15-8-5-4-6-9-15)16(18(27)31-19)10-7-12-24-13-11-17(26)23-20(24)28/h4-6,8-9,11,13,16,19H,7,10,12,14H2,1-3H3,(H,23,26,28)/t16-,19-/m0/s1. The van der Waals surface area contributed by atoms with Crippen molar-refractivity contribution in [1.82, 2.24) is 14.5 Å². The summed E-state index contributed by atoms with van der Waals surface area (Å²) in [4.78, 5) is 52.1. The zero-order valence-electron chi connectivity index (χ0n) is 17.9. The van der Waals surface area contributed by atoms with E-state index in [1.54, 1.807) is 0 Å². The van der Waals surface area contributed by atoms with Crippen molar-refractivity contribution in [1.29, 1.82) is 0 Å². The fourth-order valence-electron chi connectivity index (χ4n) is 3.47. The number of esters is 1. The van der Waals surface area contributed by atoms with Crippen molar-refractivity contribution in [3.8, 4) is 0 Å². The van der Waals surface area contributed by atoms with E-state index in [9.17, 15) is 19.2 Å². The number of ether oxygens (including phenoxy) is 2. The molecule has 31 heavy (non-hydrogen) atoms. The number of hydrogen-bond acceptors (Lipinski definition) is 6. The number of nitrogens with one attached hydrogen (secondary N) is 1. The van der Waals surface area contributed by atoms with Crippen LogP contribution in [0.4, 0.5) is 4.79 Å². The third-order valence-corrected chi connectivity index (χ3v) is 5.02. The van der Waals surface area contributed by atoms with E-state index in [-0.39, 0.29) is 19.6 Å². The molecular formula is C22H27N3O6. The molecule has 3 rings (SSSR count). The fraction of sp³-hybridized carbons (Fsp3) is 0.455. The maximum Gasteiger partial charge on any atom is 0.413 e. The molecule has 1 aliphatic rings. The minimum atomic E-state index is -0.814. The molecule has 1 aromatic heterocycles. The molecule has 9 nitrogen and oxygen atoms in total. The lowest BCUT2D eigenvalue weighted by Crippen LogP contribution is -2.48. The molecule has 0 saturated carbocycles. The van der Waals surface area contributed by atoms with Gasteiger partial charge in [0.25, 0.3) is 5.56 Å². The van der Waals surface area contributed by atoms with Crippen molar-refractivity contribution in [2.75, 3.05) is 0 Å². The predicted octanol–water partition coefficient (Wildman–Crippen LogP) is 2.25. The molecule has 166 valence electrons. The molecule has 2 heterocycles. The zero-order chi connectivity index (χ0) is 22.6. The normalized spacial score (nSPS) is 18.7. The number of benzene rings is 1. The van der Waals surface area contributed by atoms with E-state index < -0.39 is 41.0 Å². The molecule has 0 bridgehead atoms. The highest BCUT2D eigenvalue weighted by molar-refractivity contribution is 5.84. The second kappa shape index (κ2) is 9.20. The minimum Gasteiger partial charge on any atom is -0.444 e. The third kappa shape index (κ3) is 5.42. The van der Waals surface area contributed by atoms with Gasteiger partial charge in [0, 0.05) is 24.2 Å². The summed E-state index contributed by atoms with van der Waals surface area (Å²) < 4.78 is 12.4. The van der Waals surface area contributed by atoms with E-state index in [4.69, 9.17) is 9.47 Å². The lowest BCUT2D eigenvalue weighted by molar-refractivity contribution is -0.147. The van der Waals surface area contributed by atoms with Crippen LogP contribution in [0.15, 0.2) is 52.2 Å². The van der Waals surface area contributed by atoms with Crippen molar-refractivity contribution in [3.05, 3.63) is 69.0 Å². The molecule has 1 amide bonds. The van der Waals surface area contributed by atoms with Crippen molar-refractivity contribution in [2.45, 2.75) is 59.0 Å². The molecule has 1 saturated heterocycles. The summed E-state index contributed by atoms with van der Waals surface area (Å²) in [5.74, 6) is -0.495. The Balaban J connectivity index is 1.71. The maximum atomic E-state index is 12.9. The van der Waals surface area contributed by atoms with Gasteiger partial charge in [0.2, 0.25) is 0 Å². The number of H-pyrrole nitrogens is 1. The molecule has 0 aliphatic carbocycles. The zero-order valence-corrected chi connectivity index (χ0v) is 17.9. The van der Waals surface area contributed by atoms with Gasteiger partial charge in [0.15, 0.2) is 6.23 Å². The lowest BCUT2D eigenvalue weighted by Gasteiger charge is -2.33. The maximum absolute atomic E-state index is 12.9. The molecule has 0 radical (unpaired) electrons. The average molecular weight is 429 g/mol. The lowest BCUT2D eigenvalue weighted by atomic mass is 9.93. The first-order valence-corrected chi connectivity index (χ1v) is 10.2. The summed E-state index contributed by atoms with van der Waals surface area (Å²) in [7, 11) is 0. The van der Waals surface area contributed by atoms with Gasteiger partial charge in [0.1, 0.15) is 12.6 Å². The highest BCUT2D eigenvalue weighted by atomic mass is 16.6. The van der Waals surface area contributed by atoms with Crippen LogP contribution < -0.4 is 11.2 Å². The number of hydrogen-bond donors (Lipinski definition) is 1. The molecule has 1 aliphatic heterocycles. The van der Waals surface area contributed by atoms with E-state index in [1.807, 2.05) is 51.1 Å². The van der Waals surface area contributed by atoms with Crippen LogP contribution >= 0.6 is 0 Å². The van der Waals surface area contributed by atoms with Crippen molar-refractivity contribution >= 4 is 12.1 Å². The fourth-order valence-corrected chi connectivity index (χ4v) is 3.47. The largest absolute Gasteiger partial charge is 0.444 e. The number of carbonyl (C=O) groups is 2. The van der Waals surface area contributed by atoms with Crippen molar-refractivity contribution in [2.24, 2.45) is 5.41 Å². The number of amides is 1. The first kappa shape index (κ1) is 22.3. The van der Waals surface area contributed by atoms with E-state index >= 15 is 0 Å². The van der Waals surface area contributed by atoms with E-state index in [2.05, 4.69) is 4.98 Å². The third-order valence-electron chi connectivity index (χ3n) is 5.02. The Labute approximate surface area is 179 Å². The van der Waals surface area contributed by atoms with Crippen LogP contribution in [0.5, 0.6) is 0 Å². The van der Waals surface area contributed by atoms with Gasteiger partial charge in [-0.15, -0.1) is 0 Å². The van der Waals surface area contributed by atoms with Crippen LogP contribution in [0.3, 0.4) is 0 Å². The van der Waals surface area contributed by atoms with Crippen LogP contribution in [0.2, 0.25) is 0 Å². The summed E-state index contributed by atoms with van der Waals surface area (Å²) in [6, 6.07) is 9.72. The van der Waals surface area contributed by atoms with Gasteiger partial charge in [-0.1, -0.05) is 51.1 Å². The Morgan fingerprint density at radius 3 is 2.48 bits per heavy atom. The Bertz CT molecular complexity index is 1040. The van der Waals surface area contributed by atoms with Crippen LogP contribution in [0.1, 0.15) is 39.2 Å². The van der Waals surface area contributed by atoms with Gasteiger partial charge in [-0.05, 0) is 18.4 Å². The number of aromatic amines is 1. The quantitative estimate of drug-likeness (QED) is 0.705. The molecule has 1 N–H and O–H groups in total. The first-order valence-electron chi connectivity index (χ1n) is 10.2. The first-order chi connectivity index (χ1) is 14.7. The molecule has 1 fully saturated rings. The Hall–Kier alpha value is -3.36. The average Bonchev–Trinajstić information content (AvgIpc) is 3.05. The van der Waals surface area contributed by atoms with Gasteiger partial charge in [0.05, 0.1) is 0 Å². The van der Waals surface area contributed by atoms with Crippen molar-refractivity contribution in [3.63, 3.8) is 0 Å². The Kier molecular flexibility index (Phi) is 6.62. The van der Waals surface area contributed by atoms with Crippen LogP contribution in [-0.4, -0.2) is 38.8 Å². The smallest absolute Gasteiger partial charge is 0.413 e. The summed E-state index contributed by atoms with van der Waals surface area (Å²) in [5.41, 5.74) is -0.663. The van der Waals surface area contributed by atoms with E-state index in [1.165, 1.54) is 21.7 Å². The number of carbonyl (C=O) groups excluding carboxylic acids is 2. The van der Waals surface area contributed by atoms with Gasteiger partial charge in [-0.25, -0.2) is 14.4 Å². The predicted molar refractivity (Wildman–Crippen MR) is 112 cm³/mol. The Morgan fingerprint density at radius 1 is 1.13 bits per heavy atom. The molecule has 0 unspecified atom stereocenters. The molecule has 1 aromatic carbocycles. The number of cyclic esters (lactones) is 1. The van der Waals surface area contributed by atoms with Gasteiger partial charge < -0.3 is 14.0 Å². The van der Waals surface area contributed by atoms with Crippen molar-refractivity contribution < 1.29 is 19.1 Å². The van der Waals surface area contributed by atoms with Gasteiger partial charge in [-0.2, -0.15) is 0 Å². The van der Waals surface area contributed by atoms with E-state index in [0.29, 0.717) is 6.42 Å². The molecule has 2 aromatic rings. The Morgan fingerprint density at radius 2 is 1.84 bits per heavy atom. The van der Waals surface area contributed by atoms with Crippen LogP contribution in [0.25, 0.3) is 0 Å². The molecule has 9 heteroatoms. The van der Waals surface area contributed by atoms with Crippen LogP contribution in [0, 0.1) is 5.41 Å². The summed E-state index contributed by atoms with van der Waals surface area (Å²) in [5, 5.41) is 0. The second-order valence-corrected chi connectivity index (χ2v) is 8.56. The molecule has 2 atom stereocenters. The SMILES string of the molecule is CC(C)(C)[C@@H]1OC(=O)[C@H](CCCn2ccc(=O)[nH]c2=O)N1C(=O)OCc1ccccc1. The number of nitrogens with zero attached hydrogens (tertiary/aromatic N) is 2. The number of aryl methyl sites for hydroxylation is 1. The summed E-state index contributed by atoms with van der Waals surface area (Å²) in [6.45, 7) is 6.01. The topological polar surface area (TPSA) is 111 Å². The summed E-state index contributed by atoms with van der Waals surface area (Å²) in [6.07, 6.45) is 0.727.